The van der Waals surface area contributed by atoms with Gasteiger partial charge in [0.15, 0.2) is 0 Å². The van der Waals surface area contributed by atoms with Crippen molar-refractivity contribution in [3.05, 3.63) is 64.7 Å². The fraction of sp³-hybridized carbons (Fsp3) is 0.0667. The van der Waals surface area contributed by atoms with E-state index in [4.69, 9.17) is 15.7 Å². The standard InChI is InChI=1S/C15H10F2N2O2/c16-12-5-4-9(15(19)20)6-10(12)8-21-14-3-1-2-13(17)11(14)7-18/h1-6H,8H2,(H2,19,20). The highest BCUT2D eigenvalue weighted by molar-refractivity contribution is 5.92. The molecule has 0 heterocycles. The second-order valence-electron chi connectivity index (χ2n) is 4.18. The number of nitriles is 1. The van der Waals surface area contributed by atoms with E-state index >= 15 is 0 Å². The Kier molecular flexibility index (Phi) is 4.14. The predicted octanol–water partition coefficient (Wildman–Crippen LogP) is 2.51. The Morgan fingerprint density at radius 1 is 1.24 bits per heavy atom. The summed E-state index contributed by atoms with van der Waals surface area (Å²) in [6.07, 6.45) is 0. The van der Waals surface area contributed by atoms with Crippen LogP contribution in [0.1, 0.15) is 21.5 Å². The molecule has 106 valence electrons. The van der Waals surface area contributed by atoms with Gasteiger partial charge in [0.05, 0.1) is 0 Å². The number of hydrogen-bond donors (Lipinski definition) is 1. The van der Waals surface area contributed by atoms with Crippen molar-refractivity contribution in [2.24, 2.45) is 5.73 Å². The number of halogens is 2. The van der Waals surface area contributed by atoms with Gasteiger partial charge >= 0.3 is 0 Å². The van der Waals surface area contributed by atoms with E-state index < -0.39 is 17.5 Å². The third kappa shape index (κ3) is 3.15. The minimum Gasteiger partial charge on any atom is -0.487 e. The lowest BCUT2D eigenvalue weighted by Crippen LogP contribution is -2.12. The normalized spacial score (nSPS) is 9.95. The summed E-state index contributed by atoms with van der Waals surface area (Å²) in [6.45, 7) is -0.259. The molecule has 2 aromatic carbocycles. The van der Waals surface area contributed by atoms with Crippen LogP contribution in [-0.4, -0.2) is 5.91 Å². The average molecular weight is 288 g/mol. The molecule has 0 aliphatic carbocycles. The van der Waals surface area contributed by atoms with Crippen LogP contribution >= 0.6 is 0 Å². The minimum absolute atomic E-state index is 0.00128. The molecule has 0 aliphatic rings. The van der Waals surface area contributed by atoms with Gasteiger partial charge in [0, 0.05) is 11.1 Å². The molecule has 0 saturated carbocycles. The van der Waals surface area contributed by atoms with Gasteiger partial charge in [-0.2, -0.15) is 5.26 Å². The number of carbonyl (C=O) groups excluding carboxylic acids is 1. The lowest BCUT2D eigenvalue weighted by Gasteiger charge is -2.09. The molecule has 0 aliphatic heterocycles. The number of benzene rings is 2. The van der Waals surface area contributed by atoms with Gasteiger partial charge in [-0.1, -0.05) is 6.07 Å². The molecule has 2 N–H and O–H groups in total. The molecule has 6 heteroatoms. The maximum absolute atomic E-state index is 13.6. The quantitative estimate of drug-likeness (QED) is 0.939. The van der Waals surface area contributed by atoms with Crippen molar-refractivity contribution >= 4 is 5.91 Å². The van der Waals surface area contributed by atoms with Crippen LogP contribution < -0.4 is 10.5 Å². The zero-order chi connectivity index (χ0) is 15.4. The molecule has 2 aromatic rings. The van der Waals surface area contributed by atoms with Crippen molar-refractivity contribution in [1.82, 2.24) is 0 Å². The fourth-order valence-corrected chi connectivity index (χ4v) is 1.73. The van der Waals surface area contributed by atoms with Crippen molar-refractivity contribution in [3.63, 3.8) is 0 Å². The maximum atomic E-state index is 13.6. The molecule has 4 nitrogen and oxygen atoms in total. The SMILES string of the molecule is N#Cc1c(F)cccc1OCc1cc(C(N)=O)ccc1F. The number of ether oxygens (including phenoxy) is 1. The maximum Gasteiger partial charge on any atom is 0.248 e. The molecular weight excluding hydrogens is 278 g/mol. The molecule has 0 radical (unpaired) electrons. The Labute approximate surface area is 119 Å². The molecule has 2 rings (SSSR count). The Balaban J connectivity index is 2.25. The van der Waals surface area contributed by atoms with Gasteiger partial charge in [0.1, 0.15) is 35.6 Å². The van der Waals surface area contributed by atoms with Crippen molar-refractivity contribution < 1.29 is 18.3 Å². The summed E-state index contributed by atoms with van der Waals surface area (Å²) in [5.41, 5.74) is 5.07. The molecule has 0 saturated heterocycles. The van der Waals surface area contributed by atoms with Crippen LogP contribution in [-0.2, 0) is 6.61 Å². The highest BCUT2D eigenvalue weighted by Crippen LogP contribution is 2.22. The van der Waals surface area contributed by atoms with E-state index in [1.807, 2.05) is 0 Å². The lowest BCUT2D eigenvalue weighted by atomic mass is 10.1. The van der Waals surface area contributed by atoms with Crippen LogP contribution in [0, 0.1) is 23.0 Å². The lowest BCUT2D eigenvalue weighted by molar-refractivity contribution is 0.1000. The first kappa shape index (κ1) is 14.5. The highest BCUT2D eigenvalue weighted by atomic mass is 19.1. The van der Waals surface area contributed by atoms with Gasteiger partial charge in [0.2, 0.25) is 5.91 Å². The summed E-state index contributed by atoms with van der Waals surface area (Å²) in [5.74, 6) is -2.00. The number of nitrogens with two attached hydrogens (primary N) is 1. The van der Waals surface area contributed by atoms with E-state index in [9.17, 15) is 13.6 Å². The topological polar surface area (TPSA) is 76.1 Å². The van der Waals surface area contributed by atoms with Crippen LogP contribution in [0.15, 0.2) is 36.4 Å². The van der Waals surface area contributed by atoms with Crippen molar-refractivity contribution in [2.45, 2.75) is 6.61 Å². The summed E-state index contributed by atoms with van der Waals surface area (Å²) in [7, 11) is 0. The Morgan fingerprint density at radius 3 is 2.67 bits per heavy atom. The zero-order valence-electron chi connectivity index (χ0n) is 10.8. The third-order valence-electron chi connectivity index (χ3n) is 2.80. The molecule has 0 fully saturated rings. The molecule has 0 aromatic heterocycles. The molecule has 1 amide bonds. The first-order valence-corrected chi connectivity index (χ1v) is 5.92. The van der Waals surface area contributed by atoms with E-state index in [1.54, 1.807) is 6.07 Å². The van der Waals surface area contributed by atoms with E-state index in [1.165, 1.54) is 24.3 Å². The molecule has 0 atom stereocenters. The monoisotopic (exact) mass is 288 g/mol. The fourth-order valence-electron chi connectivity index (χ4n) is 1.73. The minimum atomic E-state index is -0.721. The third-order valence-corrected chi connectivity index (χ3v) is 2.80. The molecule has 0 unspecified atom stereocenters. The van der Waals surface area contributed by atoms with Gasteiger partial charge in [-0.05, 0) is 30.3 Å². The van der Waals surface area contributed by atoms with Crippen LogP contribution in [0.3, 0.4) is 0 Å². The smallest absolute Gasteiger partial charge is 0.248 e. The molecule has 0 bridgehead atoms. The molecule has 0 spiro atoms. The Morgan fingerprint density at radius 2 is 2.00 bits per heavy atom. The number of rotatable bonds is 4. The summed E-state index contributed by atoms with van der Waals surface area (Å²) in [4.78, 5) is 11.1. The second-order valence-corrected chi connectivity index (χ2v) is 4.18. The summed E-state index contributed by atoms with van der Waals surface area (Å²) in [5, 5.41) is 8.86. The summed E-state index contributed by atoms with van der Waals surface area (Å²) >= 11 is 0. The van der Waals surface area contributed by atoms with E-state index in [0.29, 0.717) is 0 Å². The van der Waals surface area contributed by atoms with Crippen LogP contribution in [0.5, 0.6) is 5.75 Å². The first-order valence-electron chi connectivity index (χ1n) is 5.92. The van der Waals surface area contributed by atoms with Gasteiger partial charge in [-0.3, -0.25) is 4.79 Å². The number of hydrogen-bond acceptors (Lipinski definition) is 3. The number of primary amides is 1. The first-order chi connectivity index (χ1) is 10.0. The number of amides is 1. The molecule has 21 heavy (non-hydrogen) atoms. The highest BCUT2D eigenvalue weighted by Gasteiger charge is 2.11. The summed E-state index contributed by atoms with van der Waals surface area (Å²) < 4.78 is 32.3. The van der Waals surface area contributed by atoms with Gasteiger partial charge in [0.25, 0.3) is 0 Å². The van der Waals surface area contributed by atoms with Gasteiger partial charge in [-0.25, -0.2) is 8.78 Å². The predicted molar refractivity (Wildman–Crippen MR) is 70.4 cm³/mol. The van der Waals surface area contributed by atoms with Crippen molar-refractivity contribution in [2.75, 3.05) is 0 Å². The largest absolute Gasteiger partial charge is 0.487 e. The van der Waals surface area contributed by atoms with E-state index in [0.717, 1.165) is 12.1 Å². The molecular formula is C15H10F2N2O2. The number of carbonyl (C=O) groups is 1. The van der Waals surface area contributed by atoms with E-state index in [-0.39, 0.29) is 29.0 Å². The van der Waals surface area contributed by atoms with Crippen molar-refractivity contribution in [1.29, 1.82) is 5.26 Å². The zero-order valence-corrected chi connectivity index (χ0v) is 10.8. The Hall–Kier alpha value is -2.94. The van der Waals surface area contributed by atoms with Crippen LogP contribution in [0.2, 0.25) is 0 Å². The van der Waals surface area contributed by atoms with Gasteiger partial charge in [-0.15, -0.1) is 0 Å². The van der Waals surface area contributed by atoms with E-state index in [2.05, 4.69) is 0 Å². The van der Waals surface area contributed by atoms with Gasteiger partial charge < -0.3 is 10.5 Å². The van der Waals surface area contributed by atoms with Crippen LogP contribution in [0.4, 0.5) is 8.78 Å². The average Bonchev–Trinajstić information content (AvgIpc) is 2.46. The number of nitrogens with zero attached hydrogens (tertiary/aromatic N) is 1. The second kappa shape index (κ2) is 6.01. The van der Waals surface area contributed by atoms with Crippen LogP contribution in [0.25, 0.3) is 0 Å². The van der Waals surface area contributed by atoms with Crippen molar-refractivity contribution in [3.8, 4) is 11.8 Å². The Bertz CT molecular complexity index is 739. The summed E-state index contributed by atoms with van der Waals surface area (Å²) in [6, 6.07) is 9.18.